The first-order chi connectivity index (χ1) is 14.2. The number of sulfonamides is 1. The minimum absolute atomic E-state index is 0.00595. The summed E-state index contributed by atoms with van der Waals surface area (Å²) in [5, 5.41) is 14.5. The fraction of sp³-hybridized carbons (Fsp3) is 0.300. The topological polar surface area (TPSA) is 116 Å². The Morgan fingerprint density at radius 2 is 1.93 bits per heavy atom. The van der Waals surface area contributed by atoms with Crippen LogP contribution in [0.25, 0.3) is 0 Å². The maximum atomic E-state index is 13.7. The third-order valence-corrected chi connectivity index (χ3v) is 7.16. The van der Waals surface area contributed by atoms with Gasteiger partial charge in [-0.2, -0.15) is 0 Å². The van der Waals surface area contributed by atoms with E-state index in [2.05, 4.69) is 10.6 Å². The zero-order valence-electron chi connectivity index (χ0n) is 16.5. The van der Waals surface area contributed by atoms with Gasteiger partial charge in [-0.25, -0.2) is 8.42 Å². The van der Waals surface area contributed by atoms with Crippen LogP contribution in [0, 0.1) is 13.8 Å². The Hall–Kier alpha value is -2.62. The number of carbonyl (C=O) groups is 2. The summed E-state index contributed by atoms with van der Waals surface area (Å²) in [4.78, 5) is 25.1. The number of aryl methyl sites for hydroxylation is 2. The number of nitrogens with zero attached hydrogens (tertiary/aromatic N) is 1. The molecule has 1 aliphatic heterocycles. The zero-order chi connectivity index (χ0) is 22.1. The lowest BCUT2D eigenvalue weighted by Crippen LogP contribution is -2.53. The second-order valence-corrected chi connectivity index (χ2v) is 9.16. The lowest BCUT2D eigenvalue weighted by atomic mass is 10.1. The van der Waals surface area contributed by atoms with Crippen molar-refractivity contribution in [3.63, 3.8) is 0 Å². The summed E-state index contributed by atoms with van der Waals surface area (Å²) in [6.07, 6.45) is -0.398. The summed E-state index contributed by atoms with van der Waals surface area (Å²) in [6.45, 7) is 3.05. The number of aliphatic hydroxyl groups excluding tert-OH is 1. The molecule has 0 fully saturated rings. The molecule has 0 saturated carbocycles. The highest BCUT2D eigenvalue weighted by Crippen LogP contribution is 2.38. The first-order valence-corrected chi connectivity index (χ1v) is 11.1. The second-order valence-electron chi connectivity index (χ2n) is 6.97. The fourth-order valence-electron chi connectivity index (χ4n) is 3.32. The molecule has 1 heterocycles. The summed E-state index contributed by atoms with van der Waals surface area (Å²) in [7, 11) is -4.21. The first kappa shape index (κ1) is 22.1. The monoisotopic (exact) mass is 451 g/mol. The maximum Gasteiger partial charge on any atom is 0.265 e. The highest BCUT2D eigenvalue weighted by Gasteiger charge is 2.42. The molecule has 2 amide bonds. The predicted molar refractivity (Wildman–Crippen MR) is 114 cm³/mol. The molecule has 0 radical (unpaired) electrons. The van der Waals surface area contributed by atoms with Gasteiger partial charge in [0.05, 0.1) is 29.3 Å². The standard InChI is InChI=1S/C20H22ClN3O5S/c1-12-10-18(13(2)9-14(12)21)30(28,29)24-16-6-4-3-5-15(16)23-20(27)17(24)11-19(26)22-7-8-25/h3-6,9-10,17,25H,7-8,11H2,1-2H3,(H,22,26)(H,23,27)/t17-/m1/s1. The van der Waals surface area contributed by atoms with Crippen LogP contribution in [0.5, 0.6) is 0 Å². The SMILES string of the molecule is Cc1cc(S(=O)(=O)N2c3ccccc3NC(=O)[C@H]2CC(=O)NCCO)c(C)cc1Cl. The van der Waals surface area contributed by atoms with Gasteiger partial charge in [-0.15, -0.1) is 0 Å². The van der Waals surface area contributed by atoms with E-state index in [1.165, 1.54) is 6.07 Å². The molecular weight excluding hydrogens is 430 g/mol. The van der Waals surface area contributed by atoms with Gasteiger partial charge >= 0.3 is 0 Å². The normalized spacial score (nSPS) is 16.1. The van der Waals surface area contributed by atoms with E-state index in [4.69, 9.17) is 16.7 Å². The minimum Gasteiger partial charge on any atom is -0.395 e. The number of halogens is 1. The van der Waals surface area contributed by atoms with Crippen molar-refractivity contribution in [1.29, 1.82) is 0 Å². The zero-order valence-corrected chi connectivity index (χ0v) is 18.0. The number of anilines is 2. The van der Waals surface area contributed by atoms with Crippen LogP contribution >= 0.6 is 11.6 Å². The number of hydrogen-bond acceptors (Lipinski definition) is 5. The van der Waals surface area contributed by atoms with Crippen LogP contribution in [0.15, 0.2) is 41.3 Å². The molecule has 8 nitrogen and oxygen atoms in total. The van der Waals surface area contributed by atoms with Crippen LogP contribution in [0.4, 0.5) is 11.4 Å². The van der Waals surface area contributed by atoms with Gasteiger partial charge in [0.15, 0.2) is 0 Å². The van der Waals surface area contributed by atoms with Crippen molar-refractivity contribution in [2.75, 3.05) is 22.8 Å². The van der Waals surface area contributed by atoms with E-state index in [1.807, 2.05) is 0 Å². The van der Waals surface area contributed by atoms with E-state index < -0.39 is 34.3 Å². The summed E-state index contributed by atoms with van der Waals surface area (Å²) in [6, 6.07) is 8.23. The van der Waals surface area contributed by atoms with E-state index in [-0.39, 0.29) is 23.7 Å². The number of nitrogens with one attached hydrogen (secondary N) is 2. The summed E-state index contributed by atoms with van der Waals surface area (Å²) >= 11 is 6.13. The number of carbonyl (C=O) groups excluding carboxylic acids is 2. The van der Waals surface area contributed by atoms with Gasteiger partial charge in [-0.05, 0) is 49.2 Å². The van der Waals surface area contributed by atoms with Gasteiger partial charge in [0.2, 0.25) is 11.8 Å². The van der Waals surface area contributed by atoms with Gasteiger partial charge in [0.25, 0.3) is 10.0 Å². The van der Waals surface area contributed by atoms with E-state index in [0.29, 0.717) is 21.8 Å². The summed E-state index contributed by atoms with van der Waals surface area (Å²) in [5.41, 5.74) is 1.61. The highest BCUT2D eigenvalue weighted by atomic mass is 35.5. The van der Waals surface area contributed by atoms with Gasteiger partial charge in [0.1, 0.15) is 6.04 Å². The number of rotatable bonds is 6. The minimum atomic E-state index is -4.21. The molecule has 0 spiro atoms. The molecule has 0 aliphatic carbocycles. The van der Waals surface area contributed by atoms with Crippen molar-refractivity contribution in [1.82, 2.24) is 5.32 Å². The van der Waals surface area contributed by atoms with E-state index in [0.717, 1.165) is 4.31 Å². The molecule has 3 rings (SSSR count). The third-order valence-electron chi connectivity index (χ3n) is 4.79. The highest BCUT2D eigenvalue weighted by molar-refractivity contribution is 7.93. The predicted octanol–water partition coefficient (Wildman–Crippen LogP) is 1.97. The van der Waals surface area contributed by atoms with Crippen LogP contribution < -0.4 is 14.9 Å². The Balaban J connectivity index is 2.14. The van der Waals surface area contributed by atoms with Crippen molar-refractivity contribution in [3.8, 4) is 0 Å². The molecule has 3 N–H and O–H groups in total. The molecule has 10 heteroatoms. The van der Waals surface area contributed by atoms with Crippen molar-refractivity contribution in [3.05, 3.63) is 52.5 Å². The number of aliphatic hydroxyl groups is 1. The average Bonchev–Trinajstić information content (AvgIpc) is 2.69. The van der Waals surface area contributed by atoms with E-state index >= 15 is 0 Å². The quantitative estimate of drug-likeness (QED) is 0.621. The Morgan fingerprint density at radius 1 is 1.23 bits per heavy atom. The van der Waals surface area contributed by atoms with Crippen LogP contribution in [0.2, 0.25) is 5.02 Å². The van der Waals surface area contributed by atoms with Crippen molar-refractivity contribution in [2.24, 2.45) is 0 Å². The molecule has 2 aromatic rings. The van der Waals surface area contributed by atoms with Gasteiger partial charge in [-0.3, -0.25) is 13.9 Å². The third kappa shape index (κ3) is 4.14. The van der Waals surface area contributed by atoms with Crippen LogP contribution in [-0.2, 0) is 19.6 Å². The number of amides is 2. The lowest BCUT2D eigenvalue weighted by Gasteiger charge is -2.37. The molecule has 30 heavy (non-hydrogen) atoms. The average molecular weight is 452 g/mol. The van der Waals surface area contributed by atoms with Gasteiger partial charge in [-0.1, -0.05) is 23.7 Å². The van der Waals surface area contributed by atoms with E-state index in [1.54, 1.807) is 44.2 Å². The van der Waals surface area contributed by atoms with Gasteiger partial charge < -0.3 is 15.7 Å². The van der Waals surface area contributed by atoms with Crippen LogP contribution in [0.1, 0.15) is 17.5 Å². The number of benzene rings is 2. The van der Waals surface area contributed by atoms with Gasteiger partial charge in [0, 0.05) is 11.6 Å². The molecule has 0 saturated heterocycles. The summed E-state index contributed by atoms with van der Waals surface area (Å²) < 4.78 is 28.4. The molecule has 0 unspecified atom stereocenters. The Kier molecular flexibility index (Phi) is 6.35. The van der Waals surface area contributed by atoms with Crippen molar-refractivity contribution in [2.45, 2.75) is 31.2 Å². The second kappa shape index (κ2) is 8.63. The van der Waals surface area contributed by atoms with Crippen molar-refractivity contribution >= 4 is 44.8 Å². The summed E-state index contributed by atoms with van der Waals surface area (Å²) in [5.74, 6) is -1.16. The lowest BCUT2D eigenvalue weighted by molar-refractivity contribution is -0.125. The molecule has 1 aliphatic rings. The number of hydrogen-bond donors (Lipinski definition) is 3. The largest absolute Gasteiger partial charge is 0.395 e. The number of para-hydroxylation sites is 2. The molecule has 1 atom stereocenters. The maximum absolute atomic E-state index is 13.7. The fourth-order valence-corrected chi connectivity index (χ4v) is 5.46. The molecule has 2 aromatic carbocycles. The molecule has 0 aromatic heterocycles. The van der Waals surface area contributed by atoms with Crippen LogP contribution in [-0.4, -0.2) is 44.5 Å². The van der Waals surface area contributed by atoms with E-state index in [9.17, 15) is 18.0 Å². The molecule has 160 valence electrons. The van der Waals surface area contributed by atoms with Crippen molar-refractivity contribution < 1.29 is 23.1 Å². The molecular formula is C20H22ClN3O5S. The number of fused-ring (bicyclic) bond motifs is 1. The molecule has 0 bridgehead atoms. The first-order valence-electron chi connectivity index (χ1n) is 9.25. The van der Waals surface area contributed by atoms with Crippen LogP contribution in [0.3, 0.4) is 0 Å². The Bertz CT molecular complexity index is 1100. The Labute approximate surface area is 179 Å². The Morgan fingerprint density at radius 3 is 2.63 bits per heavy atom. The smallest absolute Gasteiger partial charge is 0.265 e.